The number of hydrogen-bond donors (Lipinski definition) is 0. The first-order valence-electron chi connectivity index (χ1n) is 8.46. The lowest BCUT2D eigenvalue weighted by atomic mass is 10.0. The number of carbonyl (C=O) groups is 1. The molecule has 0 N–H and O–H groups in total. The summed E-state index contributed by atoms with van der Waals surface area (Å²) >= 11 is 0. The number of halogens is 1. The van der Waals surface area contributed by atoms with Gasteiger partial charge in [0.25, 0.3) is 0 Å². The Balaban J connectivity index is 1.67. The third kappa shape index (κ3) is 2.77. The van der Waals surface area contributed by atoms with Crippen LogP contribution in [-0.2, 0) is 4.79 Å². The Morgan fingerprint density at radius 2 is 2.23 bits per heavy atom. The number of carbonyl (C=O) groups excluding carboxylic acids is 1. The van der Waals surface area contributed by atoms with E-state index >= 15 is 0 Å². The number of rotatable bonds is 4. The second-order valence-corrected chi connectivity index (χ2v) is 6.61. The number of allylic oxidation sites excluding steroid dienone is 1. The first-order chi connectivity index (χ1) is 12.6. The van der Waals surface area contributed by atoms with E-state index in [0.717, 1.165) is 16.5 Å². The number of benzene rings is 1. The van der Waals surface area contributed by atoms with Crippen molar-refractivity contribution >= 4 is 17.3 Å². The lowest BCUT2D eigenvalue weighted by Gasteiger charge is -2.22. The smallest absolute Gasteiger partial charge is 0.237 e. The van der Waals surface area contributed by atoms with E-state index < -0.39 is 11.7 Å². The molecule has 0 radical (unpaired) electrons. The number of hydrogen-bond acceptors (Lipinski definition) is 5. The minimum Gasteiger partial charge on any atom is -0.338 e. The molecule has 7 nitrogen and oxygen atoms in total. The topological polar surface area (TPSA) is 77.0 Å². The maximum Gasteiger partial charge on any atom is 0.237 e. The van der Waals surface area contributed by atoms with Crippen LogP contribution in [0.5, 0.6) is 0 Å². The molecule has 134 valence electrons. The van der Waals surface area contributed by atoms with Gasteiger partial charge in [-0.25, -0.2) is 4.39 Å². The minimum absolute atomic E-state index is 0.219. The van der Waals surface area contributed by atoms with Crippen molar-refractivity contribution < 1.29 is 13.7 Å². The van der Waals surface area contributed by atoms with Gasteiger partial charge in [-0.3, -0.25) is 9.48 Å². The Morgan fingerprint density at radius 1 is 1.38 bits per heavy atom. The lowest BCUT2D eigenvalue weighted by Crippen LogP contribution is -2.24. The zero-order chi connectivity index (χ0) is 18.3. The summed E-state index contributed by atoms with van der Waals surface area (Å²) in [6, 6.07) is 6.03. The standard InChI is InChI=1S/C18H18FN5O2/c1-11(2)24-16-7-12(3-4-13(16)8-20-24)17-21-18(26-22-17)14-5-6-23(10-25)9-15(14)19/h3-4,7-11,14H,5-6H2,1-2H3. The molecule has 1 amide bonds. The van der Waals surface area contributed by atoms with Crippen molar-refractivity contribution in [3.63, 3.8) is 0 Å². The fraction of sp³-hybridized carbons (Fsp3) is 0.333. The summed E-state index contributed by atoms with van der Waals surface area (Å²) in [5.41, 5.74) is 1.76. The van der Waals surface area contributed by atoms with Crippen LogP contribution in [0.2, 0.25) is 0 Å². The van der Waals surface area contributed by atoms with Gasteiger partial charge in [-0.15, -0.1) is 0 Å². The molecule has 0 spiro atoms. The molecule has 1 unspecified atom stereocenters. The number of fused-ring (bicyclic) bond motifs is 1. The van der Waals surface area contributed by atoms with Gasteiger partial charge >= 0.3 is 0 Å². The van der Waals surface area contributed by atoms with Gasteiger partial charge in [-0.1, -0.05) is 17.3 Å². The summed E-state index contributed by atoms with van der Waals surface area (Å²) < 4.78 is 21.4. The molecular formula is C18H18FN5O2. The van der Waals surface area contributed by atoms with E-state index in [1.165, 1.54) is 11.1 Å². The molecule has 1 aliphatic heterocycles. The fourth-order valence-electron chi connectivity index (χ4n) is 3.14. The molecule has 3 aromatic rings. The van der Waals surface area contributed by atoms with Crippen LogP contribution in [0.15, 0.2) is 40.9 Å². The normalized spacial score (nSPS) is 17.8. The molecule has 0 saturated heterocycles. The van der Waals surface area contributed by atoms with Gasteiger partial charge in [0, 0.05) is 29.7 Å². The Kier molecular flexibility index (Phi) is 4.02. The number of nitrogens with zero attached hydrogens (tertiary/aromatic N) is 5. The van der Waals surface area contributed by atoms with Crippen molar-refractivity contribution in [2.24, 2.45) is 0 Å². The molecule has 0 saturated carbocycles. The van der Waals surface area contributed by atoms with Crippen molar-refractivity contribution in [1.82, 2.24) is 24.8 Å². The fourth-order valence-corrected chi connectivity index (χ4v) is 3.14. The van der Waals surface area contributed by atoms with Crippen molar-refractivity contribution in [2.75, 3.05) is 6.54 Å². The van der Waals surface area contributed by atoms with E-state index in [1.807, 2.05) is 29.1 Å². The minimum atomic E-state index is -0.614. The highest BCUT2D eigenvalue weighted by Gasteiger charge is 2.28. The van der Waals surface area contributed by atoms with Crippen LogP contribution in [0.1, 0.15) is 38.1 Å². The van der Waals surface area contributed by atoms with Crippen molar-refractivity contribution in [2.45, 2.75) is 32.2 Å². The Morgan fingerprint density at radius 3 is 2.96 bits per heavy atom. The molecule has 0 bridgehead atoms. The van der Waals surface area contributed by atoms with E-state index in [4.69, 9.17) is 4.52 Å². The third-order valence-electron chi connectivity index (χ3n) is 4.52. The average Bonchev–Trinajstić information content (AvgIpc) is 3.28. The van der Waals surface area contributed by atoms with Gasteiger partial charge in [0.15, 0.2) is 0 Å². The van der Waals surface area contributed by atoms with E-state index in [0.29, 0.717) is 25.2 Å². The maximum absolute atomic E-state index is 14.2. The van der Waals surface area contributed by atoms with Crippen LogP contribution in [-0.4, -0.2) is 37.8 Å². The SMILES string of the molecule is CC(C)n1ncc2ccc(-c3noc(C4CCN(C=O)C=C4F)n3)cc21. The van der Waals surface area contributed by atoms with Crippen LogP contribution in [0, 0.1) is 0 Å². The Labute approximate surface area is 149 Å². The molecule has 8 heteroatoms. The quantitative estimate of drug-likeness (QED) is 0.670. The molecule has 0 fully saturated rings. The van der Waals surface area contributed by atoms with E-state index in [2.05, 4.69) is 29.1 Å². The predicted molar refractivity (Wildman–Crippen MR) is 92.7 cm³/mol. The average molecular weight is 355 g/mol. The van der Waals surface area contributed by atoms with Crippen molar-refractivity contribution in [3.05, 3.63) is 42.3 Å². The van der Waals surface area contributed by atoms with Gasteiger partial charge in [0.1, 0.15) is 5.83 Å². The van der Waals surface area contributed by atoms with E-state index in [-0.39, 0.29) is 11.9 Å². The monoisotopic (exact) mass is 355 g/mol. The molecular weight excluding hydrogens is 337 g/mol. The highest BCUT2D eigenvalue weighted by atomic mass is 19.1. The second kappa shape index (κ2) is 6.36. The summed E-state index contributed by atoms with van der Waals surface area (Å²) in [5.74, 6) is -0.440. The van der Waals surface area contributed by atoms with Crippen LogP contribution in [0.25, 0.3) is 22.3 Å². The van der Waals surface area contributed by atoms with Crippen molar-refractivity contribution in [3.8, 4) is 11.4 Å². The molecule has 1 aliphatic rings. The highest BCUT2D eigenvalue weighted by Crippen LogP contribution is 2.33. The summed E-state index contributed by atoms with van der Waals surface area (Å²) in [4.78, 5) is 16.4. The van der Waals surface area contributed by atoms with Crippen molar-refractivity contribution in [1.29, 1.82) is 0 Å². The molecule has 26 heavy (non-hydrogen) atoms. The Hall–Kier alpha value is -3.03. The zero-order valence-electron chi connectivity index (χ0n) is 14.5. The van der Waals surface area contributed by atoms with E-state index in [1.54, 1.807) is 0 Å². The predicted octanol–water partition coefficient (Wildman–Crippen LogP) is 3.42. The molecule has 1 atom stereocenters. The lowest BCUT2D eigenvalue weighted by molar-refractivity contribution is -0.116. The van der Waals surface area contributed by atoms with Gasteiger partial charge in [0.2, 0.25) is 18.1 Å². The van der Waals surface area contributed by atoms with Gasteiger partial charge in [-0.05, 0) is 26.3 Å². The van der Waals surface area contributed by atoms with Gasteiger partial charge in [0.05, 0.1) is 17.6 Å². The first kappa shape index (κ1) is 16.4. The summed E-state index contributed by atoms with van der Waals surface area (Å²) in [7, 11) is 0. The van der Waals surface area contributed by atoms with Crippen LogP contribution >= 0.6 is 0 Å². The molecule has 4 rings (SSSR count). The zero-order valence-corrected chi connectivity index (χ0v) is 14.5. The van der Waals surface area contributed by atoms with Crippen LogP contribution in [0.4, 0.5) is 4.39 Å². The summed E-state index contributed by atoms with van der Waals surface area (Å²) in [5, 5.41) is 9.43. The van der Waals surface area contributed by atoms with Gasteiger partial charge < -0.3 is 9.42 Å². The summed E-state index contributed by atoms with van der Waals surface area (Å²) in [6.07, 6.45) is 4.00. The summed E-state index contributed by atoms with van der Waals surface area (Å²) in [6.45, 7) is 4.54. The maximum atomic E-state index is 14.2. The highest BCUT2D eigenvalue weighted by molar-refractivity contribution is 5.83. The molecule has 3 heterocycles. The molecule has 2 aromatic heterocycles. The Bertz CT molecular complexity index is 991. The first-order valence-corrected chi connectivity index (χ1v) is 8.46. The van der Waals surface area contributed by atoms with E-state index in [9.17, 15) is 9.18 Å². The van der Waals surface area contributed by atoms with Crippen LogP contribution < -0.4 is 0 Å². The number of aromatic nitrogens is 4. The third-order valence-corrected chi connectivity index (χ3v) is 4.52. The van der Waals surface area contributed by atoms with Gasteiger partial charge in [-0.2, -0.15) is 10.1 Å². The molecule has 1 aromatic carbocycles. The molecule has 0 aliphatic carbocycles. The largest absolute Gasteiger partial charge is 0.338 e. The second-order valence-electron chi connectivity index (χ2n) is 6.61. The number of amides is 1. The van der Waals surface area contributed by atoms with Crippen LogP contribution in [0.3, 0.4) is 0 Å².